The normalized spacial score (nSPS) is 10.3. The van der Waals surface area contributed by atoms with Gasteiger partial charge in [0, 0.05) is 5.28 Å². The molecule has 0 heterocycles. The van der Waals surface area contributed by atoms with E-state index >= 15 is 0 Å². The van der Waals surface area contributed by atoms with Crippen molar-refractivity contribution in [1.29, 1.82) is 0 Å². The summed E-state index contributed by atoms with van der Waals surface area (Å²) < 4.78 is 4.81. The average Bonchev–Trinajstić information content (AvgIpc) is 2.39. The molecule has 2 N–H and O–H groups in total. The minimum Gasteiger partial charge on any atom is -0.462 e. The molecule has 0 aliphatic heterocycles. The van der Waals surface area contributed by atoms with Gasteiger partial charge in [0.25, 0.3) is 0 Å². The van der Waals surface area contributed by atoms with Crippen LogP contribution in [0.15, 0.2) is 33.9 Å². The summed E-state index contributed by atoms with van der Waals surface area (Å²) in [6.45, 7) is 1.94. The highest BCUT2D eigenvalue weighted by molar-refractivity contribution is 5.95. The maximum atomic E-state index is 11.6. The highest BCUT2D eigenvalue weighted by Crippen LogP contribution is 2.22. The molecule has 8 nitrogen and oxygen atoms in total. The number of ether oxygens (including phenoxy) is 1. The van der Waals surface area contributed by atoms with E-state index in [0.29, 0.717) is 5.56 Å². The predicted molar refractivity (Wildman–Crippen MR) is 61.7 cm³/mol. The van der Waals surface area contributed by atoms with Gasteiger partial charge in [-0.2, -0.15) is 0 Å². The molecule has 8 heteroatoms. The molecule has 1 rings (SSSR count). The van der Waals surface area contributed by atoms with Crippen molar-refractivity contribution in [2.24, 2.45) is 21.5 Å². The number of nitrogens with zero attached hydrogens (tertiary/aromatic N) is 3. The van der Waals surface area contributed by atoms with Crippen molar-refractivity contribution in [2.75, 3.05) is 6.61 Å². The van der Waals surface area contributed by atoms with E-state index in [1.54, 1.807) is 13.0 Å². The Balaban J connectivity index is 2.94. The summed E-state index contributed by atoms with van der Waals surface area (Å²) in [5.41, 5.74) is 0.702. The second-order valence-electron chi connectivity index (χ2n) is 3.13. The SMILES string of the molecule is CCOC(=O)c1cc(CON=NN)ccc1N=O. The molecule has 0 aromatic heterocycles. The zero-order chi connectivity index (χ0) is 13.4. The molecule has 1 aromatic rings. The fourth-order valence-electron chi connectivity index (χ4n) is 1.26. The monoisotopic (exact) mass is 252 g/mol. The molecule has 18 heavy (non-hydrogen) atoms. The van der Waals surface area contributed by atoms with E-state index in [0.717, 1.165) is 0 Å². The fraction of sp³-hybridized carbons (Fsp3) is 0.300. The molecule has 0 amide bonds. The van der Waals surface area contributed by atoms with Crippen LogP contribution in [-0.4, -0.2) is 12.6 Å². The summed E-state index contributed by atoms with van der Waals surface area (Å²) in [5.74, 6) is 4.14. The third-order valence-electron chi connectivity index (χ3n) is 1.99. The summed E-state index contributed by atoms with van der Waals surface area (Å²) in [4.78, 5) is 26.9. The Labute approximate surface area is 103 Å². The minimum absolute atomic E-state index is 0.0117. The first-order valence-corrected chi connectivity index (χ1v) is 5.08. The molecule has 0 aliphatic rings. The zero-order valence-corrected chi connectivity index (χ0v) is 9.70. The summed E-state index contributed by atoms with van der Waals surface area (Å²) in [7, 11) is 0. The van der Waals surface area contributed by atoms with Gasteiger partial charge in [0.05, 0.1) is 12.2 Å². The van der Waals surface area contributed by atoms with E-state index in [9.17, 15) is 9.70 Å². The fourth-order valence-corrected chi connectivity index (χ4v) is 1.26. The summed E-state index contributed by atoms with van der Waals surface area (Å²) in [5, 5.41) is 8.79. The molecule has 0 spiro atoms. The molecular weight excluding hydrogens is 240 g/mol. The second kappa shape index (κ2) is 6.94. The smallest absolute Gasteiger partial charge is 0.340 e. The van der Waals surface area contributed by atoms with E-state index < -0.39 is 5.97 Å². The molecule has 0 radical (unpaired) electrons. The maximum absolute atomic E-state index is 11.6. The number of hydrogen-bond acceptors (Lipinski definition) is 7. The van der Waals surface area contributed by atoms with Crippen LogP contribution in [0.3, 0.4) is 0 Å². The van der Waals surface area contributed by atoms with Crippen LogP contribution in [0.1, 0.15) is 22.8 Å². The van der Waals surface area contributed by atoms with Crippen molar-refractivity contribution in [3.8, 4) is 0 Å². The van der Waals surface area contributed by atoms with Crippen molar-refractivity contribution in [1.82, 2.24) is 0 Å². The number of hydrogen-bond donors (Lipinski definition) is 1. The maximum Gasteiger partial charge on any atom is 0.340 e. The molecule has 0 atom stereocenters. The Morgan fingerprint density at radius 3 is 2.83 bits per heavy atom. The Kier molecular flexibility index (Phi) is 5.23. The highest BCUT2D eigenvalue weighted by atomic mass is 16.6. The van der Waals surface area contributed by atoms with Gasteiger partial charge in [-0.05, 0) is 35.0 Å². The first kappa shape index (κ1) is 13.6. The quantitative estimate of drug-likeness (QED) is 0.273. The van der Waals surface area contributed by atoms with Gasteiger partial charge in [-0.25, -0.2) is 4.79 Å². The number of carbonyl (C=O) groups excluding carboxylic acids is 1. The number of carbonyl (C=O) groups is 1. The van der Waals surface area contributed by atoms with Crippen molar-refractivity contribution >= 4 is 11.7 Å². The lowest BCUT2D eigenvalue weighted by molar-refractivity contribution is 0.0526. The van der Waals surface area contributed by atoms with Crippen LogP contribution in [0.25, 0.3) is 0 Å². The second-order valence-corrected chi connectivity index (χ2v) is 3.13. The van der Waals surface area contributed by atoms with E-state index in [2.05, 4.69) is 15.7 Å². The van der Waals surface area contributed by atoms with E-state index in [1.165, 1.54) is 12.1 Å². The van der Waals surface area contributed by atoms with Gasteiger partial charge in [-0.1, -0.05) is 6.07 Å². The molecule has 96 valence electrons. The Morgan fingerprint density at radius 1 is 1.44 bits per heavy atom. The summed E-state index contributed by atoms with van der Waals surface area (Å²) in [6, 6.07) is 4.42. The van der Waals surface area contributed by atoms with Gasteiger partial charge in [-0.3, -0.25) is 0 Å². The van der Waals surface area contributed by atoms with Crippen molar-refractivity contribution in [3.63, 3.8) is 0 Å². The average molecular weight is 252 g/mol. The Morgan fingerprint density at radius 2 is 2.22 bits per heavy atom. The van der Waals surface area contributed by atoms with E-state index in [4.69, 9.17) is 15.4 Å². The first-order valence-electron chi connectivity index (χ1n) is 5.08. The molecular formula is C10H12N4O4. The van der Waals surface area contributed by atoms with E-state index in [-0.39, 0.29) is 24.5 Å². The third-order valence-corrected chi connectivity index (χ3v) is 1.99. The predicted octanol–water partition coefficient (Wildman–Crippen LogP) is 2.02. The highest BCUT2D eigenvalue weighted by Gasteiger charge is 2.14. The van der Waals surface area contributed by atoms with Gasteiger partial charge in [0.1, 0.15) is 12.3 Å². The standard InChI is InChI=1S/C10H12N4O4/c1-2-17-10(15)8-5-7(6-18-14-13-11)3-4-9(8)12-16/h3-5H,2,6H2,1H3,(H2,11,14). The number of esters is 1. The zero-order valence-electron chi connectivity index (χ0n) is 9.70. The van der Waals surface area contributed by atoms with Gasteiger partial charge in [0.2, 0.25) is 0 Å². The van der Waals surface area contributed by atoms with Crippen LogP contribution in [0, 0.1) is 4.91 Å². The summed E-state index contributed by atoms with van der Waals surface area (Å²) in [6.07, 6.45) is 0. The first-order chi connectivity index (χ1) is 8.72. The van der Waals surface area contributed by atoms with Crippen molar-refractivity contribution in [3.05, 3.63) is 34.2 Å². The lowest BCUT2D eigenvalue weighted by atomic mass is 10.1. The number of nitrogens with two attached hydrogens (primary N) is 1. The van der Waals surface area contributed by atoms with Crippen LogP contribution < -0.4 is 5.84 Å². The van der Waals surface area contributed by atoms with E-state index in [1.807, 2.05) is 0 Å². The molecule has 0 unspecified atom stereocenters. The molecule has 0 saturated carbocycles. The molecule has 0 aliphatic carbocycles. The van der Waals surface area contributed by atoms with Gasteiger partial charge in [-0.15, -0.1) is 4.91 Å². The van der Waals surface area contributed by atoms with Crippen LogP contribution in [-0.2, 0) is 16.2 Å². The molecule has 0 saturated heterocycles. The molecule has 0 fully saturated rings. The number of rotatable bonds is 6. The number of nitroso groups, excluding NO2 is 1. The Hall–Kier alpha value is -2.51. The third kappa shape index (κ3) is 3.51. The number of benzene rings is 1. The van der Waals surface area contributed by atoms with Crippen LogP contribution in [0.5, 0.6) is 0 Å². The topological polar surface area (TPSA) is 116 Å². The van der Waals surface area contributed by atoms with Crippen molar-refractivity contribution in [2.45, 2.75) is 13.5 Å². The van der Waals surface area contributed by atoms with Gasteiger partial charge in [0.15, 0.2) is 0 Å². The molecule has 0 bridgehead atoms. The van der Waals surface area contributed by atoms with Gasteiger partial charge < -0.3 is 15.4 Å². The van der Waals surface area contributed by atoms with Crippen LogP contribution in [0.2, 0.25) is 0 Å². The largest absolute Gasteiger partial charge is 0.462 e. The van der Waals surface area contributed by atoms with Crippen molar-refractivity contribution < 1.29 is 14.4 Å². The van der Waals surface area contributed by atoms with Gasteiger partial charge >= 0.3 is 5.97 Å². The Bertz CT molecular complexity index is 461. The van der Waals surface area contributed by atoms with Crippen LogP contribution in [0.4, 0.5) is 5.69 Å². The minimum atomic E-state index is -0.616. The lowest BCUT2D eigenvalue weighted by Gasteiger charge is -2.05. The molecule has 1 aromatic carbocycles. The summed E-state index contributed by atoms with van der Waals surface area (Å²) >= 11 is 0. The lowest BCUT2D eigenvalue weighted by Crippen LogP contribution is -2.05. The van der Waals surface area contributed by atoms with Crippen LogP contribution >= 0.6 is 0 Å².